The highest BCUT2D eigenvalue weighted by Gasteiger charge is 2.17. The molecule has 5 nitrogen and oxygen atoms in total. The van der Waals surface area contributed by atoms with Crippen molar-refractivity contribution in [2.45, 2.75) is 58.4 Å². The van der Waals surface area contributed by atoms with Gasteiger partial charge in [-0.05, 0) is 18.3 Å². The molecule has 0 unspecified atom stereocenters. The molecule has 0 aromatic carbocycles. The van der Waals surface area contributed by atoms with Crippen molar-refractivity contribution in [3.63, 3.8) is 0 Å². The zero-order chi connectivity index (χ0) is 15.0. The second-order valence-corrected chi connectivity index (χ2v) is 6.13. The fourth-order valence-corrected chi connectivity index (χ4v) is 2.54. The lowest BCUT2D eigenvalue weighted by Gasteiger charge is -2.21. The highest BCUT2D eigenvalue weighted by atomic mass is 35.5. The van der Waals surface area contributed by atoms with Gasteiger partial charge in [-0.25, -0.2) is 0 Å². The van der Waals surface area contributed by atoms with Gasteiger partial charge in [0.05, 0.1) is 12.6 Å². The SMILES string of the molecule is CC(C)[C@H](N)C(=O)NCC(=O)NCCC1CCCCC1.Cl. The molecule has 21 heavy (non-hydrogen) atoms. The van der Waals surface area contributed by atoms with Crippen molar-refractivity contribution < 1.29 is 9.59 Å². The van der Waals surface area contributed by atoms with Crippen LogP contribution in [0.25, 0.3) is 0 Å². The van der Waals surface area contributed by atoms with E-state index in [1.54, 1.807) is 0 Å². The molecule has 124 valence electrons. The molecule has 1 saturated carbocycles. The normalized spacial score (nSPS) is 17.0. The maximum absolute atomic E-state index is 11.6. The van der Waals surface area contributed by atoms with Gasteiger partial charge >= 0.3 is 0 Å². The summed E-state index contributed by atoms with van der Waals surface area (Å²) in [6.07, 6.45) is 7.62. The minimum absolute atomic E-state index is 0. The standard InChI is InChI=1S/C15H29N3O2.ClH/c1-11(2)14(16)15(20)18-10-13(19)17-9-8-12-6-4-3-5-7-12;/h11-12,14H,3-10,16H2,1-2H3,(H,17,19)(H,18,20);1H/t14-;/m0./s1. The van der Waals surface area contributed by atoms with Crippen molar-refractivity contribution in [1.82, 2.24) is 10.6 Å². The minimum atomic E-state index is -0.551. The molecule has 0 bridgehead atoms. The van der Waals surface area contributed by atoms with Crippen LogP contribution in [-0.4, -0.2) is 30.9 Å². The second kappa shape index (κ2) is 10.9. The molecule has 0 aliphatic heterocycles. The molecule has 0 radical (unpaired) electrons. The number of halogens is 1. The van der Waals surface area contributed by atoms with Crippen LogP contribution >= 0.6 is 12.4 Å². The van der Waals surface area contributed by atoms with Crippen molar-refractivity contribution in [3.8, 4) is 0 Å². The van der Waals surface area contributed by atoms with Gasteiger partial charge in [0.2, 0.25) is 11.8 Å². The fourth-order valence-electron chi connectivity index (χ4n) is 2.54. The van der Waals surface area contributed by atoms with E-state index >= 15 is 0 Å². The second-order valence-electron chi connectivity index (χ2n) is 6.13. The molecule has 6 heteroatoms. The monoisotopic (exact) mass is 319 g/mol. The Kier molecular flexibility index (Phi) is 10.4. The number of rotatable bonds is 7. The van der Waals surface area contributed by atoms with E-state index in [2.05, 4.69) is 10.6 Å². The van der Waals surface area contributed by atoms with Gasteiger partial charge in [0.1, 0.15) is 0 Å². The molecule has 1 atom stereocenters. The van der Waals surface area contributed by atoms with Gasteiger partial charge < -0.3 is 16.4 Å². The summed E-state index contributed by atoms with van der Waals surface area (Å²) in [5.41, 5.74) is 5.70. The van der Waals surface area contributed by atoms with Crippen LogP contribution in [0.3, 0.4) is 0 Å². The molecule has 0 aromatic heterocycles. The molecule has 0 aromatic rings. The number of carbonyl (C=O) groups is 2. The third kappa shape index (κ3) is 8.27. The molecule has 4 N–H and O–H groups in total. The van der Waals surface area contributed by atoms with Gasteiger partial charge in [-0.1, -0.05) is 46.0 Å². The van der Waals surface area contributed by atoms with Gasteiger partial charge in [-0.3, -0.25) is 9.59 Å². The Balaban J connectivity index is 0.00000400. The highest BCUT2D eigenvalue weighted by Crippen LogP contribution is 2.25. The molecule has 1 aliphatic rings. The van der Waals surface area contributed by atoms with Gasteiger partial charge in [0.25, 0.3) is 0 Å². The average molecular weight is 320 g/mol. The summed E-state index contributed by atoms with van der Waals surface area (Å²) in [4.78, 5) is 23.2. The molecule has 1 rings (SSSR count). The Morgan fingerprint density at radius 3 is 2.33 bits per heavy atom. The lowest BCUT2D eigenvalue weighted by Crippen LogP contribution is -2.47. The van der Waals surface area contributed by atoms with Crippen LogP contribution in [0, 0.1) is 11.8 Å². The summed E-state index contributed by atoms with van der Waals surface area (Å²) in [6.45, 7) is 4.49. The number of carbonyl (C=O) groups excluding carboxylic acids is 2. The van der Waals surface area contributed by atoms with E-state index in [4.69, 9.17) is 5.73 Å². The van der Waals surface area contributed by atoms with E-state index in [1.165, 1.54) is 32.1 Å². The maximum Gasteiger partial charge on any atom is 0.239 e. The van der Waals surface area contributed by atoms with E-state index in [0.717, 1.165) is 12.3 Å². The molecular formula is C15H30ClN3O2. The largest absolute Gasteiger partial charge is 0.355 e. The van der Waals surface area contributed by atoms with E-state index in [9.17, 15) is 9.59 Å². The number of nitrogens with one attached hydrogen (secondary N) is 2. The Hall–Kier alpha value is -0.810. The highest BCUT2D eigenvalue weighted by molar-refractivity contribution is 5.87. The van der Waals surface area contributed by atoms with E-state index in [1.807, 2.05) is 13.8 Å². The lowest BCUT2D eigenvalue weighted by atomic mass is 9.87. The molecule has 0 saturated heterocycles. The van der Waals surface area contributed by atoms with E-state index in [-0.39, 0.29) is 36.7 Å². The third-order valence-corrected chi connectivity index (χ3v) is 4.04. The number of nitrogens with two attached hydrogens (primary N) is 1. The predicted molar refractivity (Wildman–Crippen MR) is 87.3 cm³/mol. The van der Waals surface area contributed by atoms with Crippen LogP contribution in [-0.2, 0) is 9.59 Å². The zero-order valence-corrected chi connectivity index (χ0v) is 14.0. The predicted octanol–water partition coefficient (Wildman–Crippen LogP) is 1.59. The third-order valence-electron chi connectivity index (χ3n) is 4.04. The molecule has 1 fully saturated rings. The Morgan fingerprint density at radius 2 is 1.76 bits per heavy atom. The van der Waals surface area contributed by atoms with Crippen LogP contribution in [0.1, 0.15) is 52.4 Å². The molecule has 2 amide bonds. The summed E-state index contributed by atoms with van der Waals surface area (Å²) in [6, 6.07) is -0.551. The lowest BCUT2D eigenvalue weighted by molar-refractivity contribution is -0.127. The Labute approximate surface area is 134 Å². The van der Waals surface area contributed by atoms with Crippen LogP contribution in [0.15, 0.2) is 0 Å². The number of hydrogen-bond acceptors (Lipinski definition) is 3. The van der Waals surface area contributed by atoms with Crippen molar-refractivity contribution >= 4 is 24.2 Å². The van der Waals surface area contributed by atoms with E-state index in [0.29, 0.717) is 6.54 Å². The quantitative estimate of drug-likeness (QED) is 0.666. The van der Waals surface area contributed by atoms with Crippen LogP contribution < -0.4 is 16.4 Å². The smallest absolute Gasteiger partial charge is 0.239 e. The average Bonchev–Trinajstić information content (AvgIpc) is 2.45. The van der Waals surface area contributed by atoms with Gasteiger partial charge in [0.15, 0.2) is 0 Å². The van der Waals surface area contributed by atoms with Crippen LogP contribution in [0.4, 0.5) is 0 Å². The molecular weight excluding hydrogens is 290 g/mol. The van der Waals surface area contributed by atoms with Crippen LogP contribution in [0.5, 0.6) is 0 Å². The number of amides is 2. The number of hydrogen-bond donors (Lipinski definition) is 3. The fraction of sp³-hybridized carbons (Fsp3) is 0.867. The van der Waals surface area contributed by atoms with E-state index < -0.39 is 6.04 Å². The summed E-state index contributed by atoms with van der Waals surface area (Å²) in [5, 5.41) is 5.43. The van der Waals surface area contributed by atoms with Gasteiger partial charge in [-0.2, -0.15) is 0 Å². The topological polar surface area (TPSA) is 84.2 Å². The van der Waals surface area contributed by atoms with Crippen molar-refractivity contribution in [3.05, 3.63) is 0 Å². The maximum atomic E-state index is 11.6. The van der Waals surface area contributed by atoms with Crippen LogP contribution in [0.2, 0.25) is 0 Å². The van der Waals surface area contributed by atoms with Gasteiger partial charge in [0, 0.05) is 6.54 Å². The summed E-state index contributed by atoms with van der Waals surface area (Å²) in [5.74, 6) is 0.435. The molecule has 0 heterocycles. The Bertz CT molecular complexity index is 318. The summed E-state index contributed by atoms with van der Waals surface area (Å²) >= 11 is 0. The zero-order valence-electron chi connectivity index (χ0n) is 13.2. The summed E-state index contributed by atoms with van der Waals surface area (Å²) in [7, 11) is 0. The van der Waals surface area contributed by atoms with Crippen molar-refractivity contribution in [2.24, 2.45) is 17.6 Å². The van der Waals surface area contributed by atoms with Crippen molar-refractivity contribution in [1.29, 1.82) is 0 Å². The first-order chi connectivity index (χ1) is 9.50. The minimum Gasteiger partial charge on any atom is -0.355 e. The Morgan fingerprint density at radius 1 is 1.14 bits per heavy atom. The first kappa shape index (κ1) is 20.2. The first-order valence-electron chi connectivity index (χ1n) is 7.80. The molecule has 0 spiro atoms. The van der Waals surface area contributed by atoms with Crippen molar-refractivity contribution in [2.75, 3.05) is 13.1 Å². The first-order valence-corrected chi connectivity index (χ1v) is 7.80. The molecule has 1 aliphatic carbocycles. The summed E-state index contributed by atoms with van der Waals surface area (Å²) < 4.78 is 0. The van der Waals surface area contributed by atoms with Gasteiger partial charge in [-0.15, -0.1) is 12.4 Å².